The summed E-state index contributed by atoms with van der Waals surface area (Å²) in [6.45, 7) is 0.479. The number of H-pyrrole nitrogens is 1. The van der Waals surface area contributed by atoms with Crippen LogP contribution >= 0.6 is 11.6 Å². The van der Waals surface area contributed by atoms with E-state index in [-0.39, 0.29) is 12.0 Å². The van der Waals surface area contributed by atoms with Crippen molar-refractivity contribution in [1.29, 1.82) is 0 Å². The van der Waals surface area contributed by atoms with E-state index in [2.05, 4.69) is 20.5 Å². The maximum Gasteiger partial charge on any atom is 0.305 e. The van der Waals surface area contributed by atoms with Gasteiger partial charge in [-0.3, -0.25) is 24.5 Å². The van der Waals surface area contributed by atoms with Crippen molar-refractivity contribution in [1.82, 2.24) is 25.1 Å². The summed E-state index contributed by atoms with van der Waals surface area (Å²) in [4.78, 5) is 40.9. The lowest BCUT2D eigenvalue weighted by atomic mass is 10.0. The number of carbonyl (C=O) groups excluding carboxylic acids is 1. The molecule has 0 spiro atoms. The number of nitrogens with one attached hydrogen (secondary N) is 2. The first-order chi connectivity index (χ1) is 18.9. The second-order valence-corrected chi connectivity index (χ2v) is 9.60. The number of carbonyl (C=O) groups is 2. The fraction of sp³-hybridized carbons (Fsp3) is 0.138. The first kappa shape index (κ1) is 25.9. The lowest BCUT2D eigenvalue weighted by molar-refractivity contribution is -0.137. The highest BCUT2D eigenvalue weighted by atomic mass is 35.5. The molecule has 0 bridgehead atoms. The predicted molar refractivity (Wildman–Crippen MR) is 147 cm³/mol. The van der Waals surface area contributed by atoms with Crippen molar-refractivity contribution >= 4 is 34.4 Å². The maximum absolute atomic E-state index is 13.2. The number of fused-ring (bicyclic) bond motifs is 1. The zero-order valence-corrected chi connectivity index (χ0v) is 21.4. The minimum atomic E-state index is -1.07. The van der Waals surface area contributed by atoms with Gasteiger partial charge in [0.2, 0.25) is 0 Å². The summed E-state index contributed by atoms with van der Waals surface area (Å²) in [5, 5.41) is 20.5. The summed E-state index contributed by atoms with van der Waals surface area (Å²) < 4.78 is 1.64. The summed E-state index contributed by atoms with van der Waals surface area (Å²) in [5.41, 5.74) is 4.17. The number of halogens is 1. The lowest BCUT2D eigenvalue weighted by Gasteiger charge is -2.16. The molecule has 1 amide bonds. The first-order valence-electron chi connectivity index (χ1n) is 12.2. The summed E-state index contributed by atoms with van der Waals surface area (Å²) >= 11 is 6.13. The van der Waals surface area contributed by atoms with Crippen molar-refractivity contribution < 1.29 is 14.7 Å². The van der Waals surface area contributed by atoms with E-state index in [0.717, 1.165) is 16.7 Å². The average Bonchev–Trinajstić information content (AvgIpc) is 3.33. The molecular formula is C29H24ClN5O4. The minimum absolute atomic E-state index is 0.0575. The number of aliphatic carboxylic acids is 1. The second-order valence-electron chi connectivity index (χ2n) is 9.16. The lowest BCUT2D eigenvalue weighted by Crippen LogP contribution is -2.30. The molecule has 0 aliphatic rings. The van der Waals surface area contributed by atoms with Crippen molar-refractivity contribution in [2.75, 3.05) is 0 Å². The number of hydrogen-bond donors (Lipinski definition) is 3. The number of nitrogens with zero attached hydrogens (tertiary/aromatic N) is 3. The van der Waals surface area contributed by atoms with E-state index in [1.165, 1.54) is 12.3 Å². The van der Waals surface area contributed by atoms with Gasteiger partial charge in [0, 0.05) is 35.1 Å². The number of rotatable bonds is 9. The molecule has 1 unspecified atom stereocenters. The number of aromatic amines is 1. The molecule has 9 nitrogen and oxygen atoms in total. The van der Waals surface area contributed by atoms with Gasteiger partial charge in [-0.2, -0.15) is 5.10 Å². The molecule has 0 saturated carbocycles. The van der Waals surface area contributed by atoms with Crippen LogP contribution in [0.25, 0.3) is 10.9 Å². The Kier molecular flexibility index (Phi) is 7.51. The van der Waals surface area contributed by atoms with Crippen molar-refractivity contribution in [2.24, 2.45) is 0 Å². The van der Waals surface area contributed by atoms with E-state index in [1.54, 1.807) is 47.3 Å². The number of pyridine rings is 2. The van der Waals surface area contributed by atoms with Crippen LogP contribution in [0, 0.1) is 0 Å². The number of carboxylic acid groups (broad SMARTS) is 1. The molecule has 0 fully saturated rings. The minimum Gasteiger partial charge on any atom is -0.481 e. The summed E-state index contributed by atoms with van der Waals surface area (Å²) in [7, 11) is 0. The van der Waals surface area contributed by atoms with E-state index >= 15 is 0 Å². The number of amides is 1. The molecule has 5 rings (SSSR count). The van der Waals surface area contributed by atoms with Crippen LogP contribution in [-0.4, -0.2) is 36.7 Å². The quantitative estimate of drug-likeness (QED) is 0.254. The zero-order chi connectivity index (χ0) is 27.4. The Hall–Kier alpha value is -4.76. The summed E-state index contributed by atoms with van der Waals surface area (Å²) in [5.74, 6) is -1.53. The largest absolute Gasteiger partial charge is 0.481 e. The smallest absolute Gasteiger partial charge is 0.305 e. The molecule has 3 heterocycles. The van der Waals surface area contributed by atoms with Crippen molar-refractivity contribution in [2.45, 2.75) is 25.4 Å². The van der Waals surface area contributed by atoms with Crippen molar-refractivity contribution in [3.05, 3.63) is 129 Å². The number of carboxylic acids is 1. The highest BCUT2D eigenvalue weighted by Gasteiger charge is 2.23. The number of hydrogen-bond acceptors (Lipinski definition) is 5. The molecule has 3 aromatic heterocycles. The molecule has 196 valence electrons. The van der Waals surface area contributed by atoms with E-state index < -0.39 is 17.9 Å². The van der Waals surface area contributed by atoms with Gasteiger partial charge < -0.3 is 15.0 Å². The van der Waals surface area contributed by atoms with Crippen LogP contribution in [-0.2, 0) is 17.8 Å². The van der Waals surface area contributed by atoms with Gasteiger partial charge in [0.25, 0.3) is 11.5 Å². The fourth-order valence-corrected chi connectivity index (χ4v) is 4.58. The second kappa shape index (κ2) is 11.3. The molecule has 3 N–H and O–H groups in total. The van der Waals surface area contributed by atoms with Crippen LogP contribution in [0.1, 0.15) is 45.2 Å². The van der Waals surface area contributed by atoms with Gasteiger partial charge in [0.05, 0.1) is 35.8 Å². The number of aromatic nitrogens is 4. The molecule has 0 saturated heterocycles. The van der Waals surface area contributed by atoms with Gasteiger partial charge in [0.1, 0.15) is 0 Å². The summed E-state index contributed by atoms with van der Waals surface area (Å²) in [6.07, 6.45) is 5.09. The van der Waals surface area contributed by atoms with Gasteiger partial charge in [-0.25, -0.2) is 0 Å². The molecular weight excluding hydrogens is 518 g/mol. The van der Waals surface area contributed by atoms with Crippen LogP contribution in [0.15, 0.2) is 90.1 Å². The Bertz CT molecular complexity index is 1710. The zero-order valence-electron chi connectivity index (χ0n) is 20.7. The monoisotopic (exact) mass is 541 g/mol. The Morgan fingerprint density at radius 3 is 2.56 bits per heavy atom. The maximum atomic E-state index is 13.2. The predicted octanol–water partition coefficient (Wildman–Crippen LogP) is 4.36. The molecule has 10 heteroatoms. The average molecular weight is 542 g/mol. The van der Waals surface area contributed by atoms with Crippen molar-refractivity contribution in [3.8, 4) is 0 Å². The standard InChI is InChI=1S/C29H24ClN5O4/c30-22-8-9-24-23(13-22)28(34-33-24)25(14-27(37)38)32-29(39)21-12-20(15-31-16-21)11-18-4-6-19(7-5-18)17-35-10-2-1-3-26(35)36/h1-10,12-13,15-16,25H,11,14,17H2,(H,32,39)(H,33,34)(H,37,38). The third-order valence-electron chi connectivity index (χ3n) is 6.32. The van der Waals surface area contributed by atoms with Crippen LogP contribution < -0.4 is 10.9 Å². The normalized spacial score (nSPS) is 11.8. The van der Waals surface area contributed by atoms with Gasteiger partial charge in [-0.15, -0.1) is 0 Å². The Morgan fingerprint density at radius 1 is 1.00 bits per heavy atom. The van der Waals surface area contributed by atoms with Crippen LogP contribution in [0.2, 0.25) is 5.02 Å². The SMILES string of the molecule is O=C(O)CC(NC(=O)c1cncc(Cc2ccc(Cn3ccccc3=O)cc2)c1)c1[nH]nc2ccc(Cl)cc12. The fourth-order valence-electron chi connectivity index (χ4n) is 4.40. The Labute approximate surface area is 228 Å². The van der Waals surface area contributed by atoms with E-state index in [4.69, 9.17) is 11.6 Å². The third-order valence-corrected chi connectivity index (χ3v) is 6.55. The van der Waals surface area contributed by atoms with Gasteiger partial charge in [-0.05, 0) is 53.4 Å². The van der Waals surface area contributed by atoms with Crippen LogP contribution in [0.3, 0.4) is 0 Å². The molecule has 1 atom stereocenters. The van der Waals surface area contributed by atoms with E-state index in [9.17, 15) is 19.5 Å². The first-order valence-corrected chi connectivity index (χ1v) is 12.6. The highest BCUT2D eigenvalue weighted by Crippen LogP contribution is 2.27. The topological polar surface area (TPSA) is 130 Å². The molecule has 0 aliphatic carbocycles. The number of benzene rings is 2. The van der Waals surface area contributed by atoms with E-state index in [1.807, 2.05) is 30.3 Å². The van der Waals surface area contributed by atoms with Crippen LogP contribution in [0.5, 0.6) is 0 Å². The highest BCUT2D eigenvalue weighted by molar-refractivity contribution is 6.31. The molecule has 0 aliphatic heterocycles. The van der Waals surface area contributed by atoms with Crippen LogP contribution in [0.4, 0.5) is 0 Å². The van der Waals surface area contributed by atoms with Gasteiger partial charge in [-0.1, -0.05) is 41.9 Å². The Balaban J connectivity index is 1.30. The van der Waals surface area contributed by atoms with E-state index in [0.29, 0.717) is 40.1 Å². The van der Waals surface area contributed by atoms with Gasteiger partial charge in [0.15, 0.2) is 0 Å². The molecule has 0 radical (unpaired) electrons. The third kappa shape index (κ3) is 6.22. The molecule has 39 heavy (non-hydrogen) atoms. The molecule has 5 aromatic rings. The molecule has 2 aromatic carbocycles. The van der Waals surface area contributed by atoms with Crippen molar-refractivity contribution in [3.63, 3.8) is 0 Å². The Morgan fingerprint density at radius 2 is 1.79 bits per heavy atom. The summed E-state index contributed by atoms with van der Waals surface area (Å²) in [6, 6.07) is 18.9. The van der Waals surface area contributed by atoms with Gasteiger partial charge >= 0.3 is 5.97 Å².